The number of carbonyl (C=O) groups is 2. The first-order valence-corrected chi connectivity index (χ1v) is 7.81. The molecule has 1 aromatic rings. The third-order valence-electron chi connectivity index (χ3n) is 3.77. The van der Waals surface area contributed by atoms with E-state index in [1.54, 1.807) is 6.20 Å². The Morgan fingerprint density at radius 3 is 2.59 bits per heavy atom. The number of piperidine rings is 1. The maximum absolute atomic E-state index is 11.7. The third-order valence-corrected chi connectivity index (χ3v) is 3.77. The van der Waals surface area contributed by atoms with Crippen LogP contribution in [0.3, 0.4) is 0 Å². The molecule has 2 N–H and O–H groups in total. The predicted octanol–water partition coefficient (Wildman–Crippen LogP) is 0.939. The molecule has 0 aliphatic carbocycles. The Kier molecular flexibility index (Phi) is 5.75. The zero-order chi connectivity index (χ0) is 15.9. The fraction of sp³-hybridized carbons (Fsp3) is 0.562. The average molecular weight is 304 g/mol. The van der Waals surface area contributed by atoms with Gasteiger partial charge in [-0.2, -0.15) is 0 Å². The first kappa shape index (κ1) is 16.3. The van der Waals surface area contributed by atoms with E-state index in [1.807, 2.05) is 32.0 Å². The van der Waals surface area contributed by atoms with Gasteiger partial charge in [0.05, 0.1) is 0 Å². The lowest BCUT2D eigenvalue weighted by molar-refractivity contribution is -0.139. The Bertz CT molecular complexity index is 496. The molecule has 6 heteroatoms. The summed E-state index contributed by atoms with van der Waals surface area (Å²) in [5, 5.41) is 5.32. The molecule has 120 valence electrons. The van der Waals surface area contributed by atoms with E-state index in [-0.39, 0.29) is 6.04 Å². The molecule has 0 aromatic carbocycles. The zero-order valence-electron chi connectivity index (χ0n) is 13.2. The summed E-state index contributed by atoms with van der Waals surface area (Å²) in [7, 11) is 0. The van der Waals surface area contributed by atoms with Crippen LogP contribution in [0.5, 0.6) is 0 Å². The minimum absolute atomic E-state index is 0.0279. The van der Waals surface area contributed by atoms with Crippen molar-refractivity contribution in [2.45, 2.75) is 32.7 Å². The molecule has 0 radical (unpaired) electrons. The molecule has 2 amide bonds. The van der Waals surface area contributed by atoms with E-state index in [1.165, 1.54) is 0 Å². The van der Waals surface area contributed by atoms with Crippen LogP contribution in [0.4, 0.5) is 5.82 Å². The second-order valence-electron chi connectivity index (χ2n) is 5.96. The number of carbonyl (C=O) groups excluding carboxylic acids is 2. The Hall–Kier alpha value is -2.11. The Morgan fingerprint density at radius 1 is 1.27 bits per heavy atom. The van der Waals surface area contributed by atoms with Gasteiger partial charge < -0.3 is 15.5 Å². The highest BCUT2D eigenvalue weighted by Crippen LogP contribution is 2.20. The largest absolute Gasteiger partial charge is 0.357 e. The summed E-state index contributed by atoms with van der Waals surface area (Å²) in [6.07, 6.45) is 3.78. The highest BCUT2D eigenvalue weighted by Gasteiger charge is 2.22. The second-order valence-corrected chi connectivity index (χ2v) is 5.96. The molecule has 6 nitrogen and oxygen atoms in total. The lowest BCUT2D eigenvalue weighted by Crippen LogP contribution is -2.45. The van der Waals surface area contributed by atoms with Crippen molar-refractivity contribution in [1.29, 1.82) is 0 Å². The number of hydrogen-bond acceptors (Lipinski definition) is 4. The smallest absolute Gasteiger partial charge is 0.309 e. The van der Waals surface area contributed by atoms with Gasteiger partial charge in [-0.1, -0.05) is 6.07 Å². The molecule has 1 aromatic heterocycles. The van der Waals surface area contributed by atoms with Crippen LogP contribution in [0.15, 0.2) is 24.4 Å². The third kappa shape index (κ3) is 4.72. The maximum atomic E-state index is 11.7. The van der Waals surface area contributed by atoms with Crippen LogP contribution in [-0.2, 0) is 9.59 Å². The quantitative estimate of drug-likeness (QED) is 0.812. The first-order valence-electron chi connectivity index (χ1n) is 7.81. The average Bonchev–Trinajstić information content (AvgIpc) is 2.53. The van der Waals surface area contributed by atoms with Gasteiger partial charge in [-0.25, -0.2) is 4.98 Å². The van der Waals surface area contributed by atoms with Gasteiger partial charge in [-0.3, -0.25) is 9.59 Å². The SMILES string of the molecule is CC(C)NC(=O)C(=O)NCC1CCN(c2ccccn2)CC1. The van der Waals surface area contributed by atoms with Crippen LogP contribution in [0.2, 0.25) is 0 Å². The van der Waals surface area contributed by atoms with Crippen LogP contribution in [0.1, 0.15) is 26.7 Å². The lowest BCUT2D eigenvalue weighted by Gasteiger charge is -2.32. The molecule has 2 rings (SSSR count). The monoisotopic (exact) mass is 304 g/mol. The molecule has 1 saturated heterocycles. The number of pyridine rings is 1. The van der Waals surface area contributed by atoms with Crippen LogP contribution < -0.4 is 15.5 Å². The topological polar surface area (TPSA) is 74.3 Å². The van der Waals surface area contributed by atoms with Gasteiger partial charge in [-0.15, -0.1) is 0 Å². The van der Waals surface area contributed by atoms with Crippen molar-refractivity contribution in [2.75, 3.05) is 24.5 Å². The number of anilines is 1. The number of hydrogen-bond donors (Lipinski definition) is 2. The molecule has 0 saturated carbocycles. The number of aromatic nitrogens is 1. The van der Waals surface area contributed by atoms with Crippen molar-refractivity contribution < 1.29 is 9.59 Å². The van der Waals surface area contributed by atoms with Crippen molar-refractivity contribution >= 4 is 17.6 Å². The van der Waals surface area contributed by atoms with Crippen molar-refractivity contribution in [3.8, 4) is 0 Å². The standard InChI is InChI=1S/C16H24N4O2/c1-12(2)19-16(22)15(21)18-11-13-6-9-20(10-7-13)14-5-3-4-8-17-14/h3-5,8,12-13H,6-7,9-11H2,1-2H3,(H,18,21)(H,19,22). The Balaban J connectivity index is 1.72. The molecule has 1 aliphatic heterocycles. The van der Waals surface area contributed by atoms with Crippen LogP contribution in [0.25, 0.3) is 0 Å². The van der Waals surface area contributed by atoms with Crippen LogP contribution in [0, 0.1) is 5.92 Å². The molecule has 0 spiro atoms. The van der Waals surface area contributed by atoms with E-state index in [0.717, 1.165) is 31.7 Å². The first-order chi connectivity index (χ1) is 10.6. The number of amides is 2. The van der Waals surface area contributed by atoms with E-state index in [0.29, 0.717) is 12.5 Å². The van der Waals surface area contributed by atoms with E-state index in [4.69, 9.17) is 0 Å². The van der Waals surface area contributed by atoms with Gasteiger partial charge in [0, 0.05) is 31.9 Å². The van der Waals surface area contributed by atoms with E-state index in [2.05, 4.69) is 20.5 Å². The van der Waals surface area contributed by atoms with Crippen molar-refractivity contribution in [2.24, 2.45) is 5.92 Å². The van der Waals surface area contributed by atoms with E-state index in [9.17, 15) is 9.59 Å². The molecule has 0 unspecified atom stereocenters. The van der Waals surface area contributed by atoms with Gasteiger partial charge >= 0.3 is 11.8 Å². The van der Waals surface area contributed by atoms with E-state index >= 15 is 0 Å². The molecular weight excluding hydrogens is 280 g/mol. The Morgan fingerprint density at radius 2 is 2.00 bits per heavy atom. The highest BCUT2D eigenvalue weighted by atomic mass is 16.2. The fourth-order valence-corrected chi connectivity index (χ4v) is 2.55. The molecule has 1 aliphatic rings. The summed E-state index contributed by atoms with van der Waals surface area (Å²) in [6, 6.07) is 5.88. The Labute approximate surface area is 131 Å². The molecule has 2 heterocycles. The fourth-order valence-electron chi connectivity index (χ4n) is 2.55. The van der Waals surface area contributed by atoms with E-state index < -0.39 is 11.8 Å². The van der Waals surface area contributed by atoms with Gasteiger partial charge in [0.2, 0.25) is 0 Å². The summed E-state index contributed by atoms with van der Waals surface area (Å²) in [5.74, 6) is 0.318. The van der Waals surface area contributed by atoms with Gasteiger partial charge in [0.25, 0.3) is 0 Å². The minimum Gasteiger partial charge on any atom is -0.357 e. The van der Waals surface area contributed by atoms with Crippen molar-refractivity contribution in [1.82, 2.24) is 15.6 Å². The summed E-state index contributed by atoms with van der Waals surface area (Å²) in [6.45, 7) is 6.07. The maximum Gasteiger partial charge on any atom is 0.309 e. The summed E-state index contributed by atoms with van der Waals surface area (Å²) < 4.78 is 0. The van der Waals surface area contributed by atoms with Gasteiger partial charge in [0.1, 0.15) is 5.82 Å². The van der Waals surface area contributed by atoms with Crippen molar-refractivity contribution in [3.05, 3.63) is 24.4 Å². The molecule has 0 bridgehead atoms. The number of nitrogens with zero attached hydrogens (tertiary/aromatic N) is 2. The van der Waals surface area contributed by atoms with Crippen molar-refractivity contribution in [3.63, 3.8) is 0 Å². The summed E-state index contributed by atoms with van der Waals surface area (Å²) >= 11 is 0. The molecule has 1 fully saturated rings. The number of rotatable bonds is 4. The normalized spacial score (nSPS) is 15.7. The molecule has 22 heavy (non-hydrogen) atoms. The lowest BCUT2D eigenvalue weighted by atomic mass is 9.97. The van der Waals surface area contributed by atoms with Crippen LogP contribution >= 0.6 is 0 Å². The predicted molar refractivity (Wildman–Crippen MR) is 85.5 cm³/mol. The number of nitrogens with one attached hydrogen (secondary N) is 2. The van der Waals surface area contributed by atoms with Gasteiger partial charge in [0.15, 0.2) is 0 Å². The molecule has 0 atom stereocenters. The van der Waals surface area contributed by atoms with Crippen LogP contribution in [-0.4, -0.2) is 42.5 Å². The summed E-state index contributed by atoms with van der Waals surface area (Å²) in [4.78, 5) is 29.8. The van der Waals surface area contributed by atoms with Gasteiger partial charge in [-0.05, 0) is 44.7 Å². The summed E-state index contributed by atoms with van der Waals surface area (Å²) in [5.41, 5.74) is 0. The minimum atomic E-state index is -0.555. The zero-order valence-corrected chi connectivity index (χ0v) is 13.2. The highest BCUT2D eigenvalue weighted by molar-refractivity contribution is 6.35. The second kappa shape index (κ2) is 7.77. The molecular formula is C16H24N4O2.